The predicted molar refractivity (Wildman–Crippen MR) is 67.9 cm³/mol. The fourth-order valence-corrected chi connectivity index (χ4v) is 2.23. The fourth-order valence-electron chi connectivity index (χ4n) is 2.23. The third-order valence-corrected chi connectivity index (χ3v) is 3.77. The second-order valence-electron chi connectivity index (χ2n) is 5.12. The summed E-state index contributed by atoms with van der Waals surface area (Å²) in [7, 11) is 2.07. The second-order valence-corrected chi connectivity index (χ2v) is 5.12. The van der Waals surface area contributed by atoms with Gasteiger partial charge in [0.1, 0.15) is 5.82 Å². The minimum atomic E-state index is -0.128. The van der Waals surface area contributed by atoms with Crippen molar-refractivity contribution >= 4 is 0 Å². The summed E-state index contributed by atoms with van der Waals surface area (Å²) >= 11 is 0. The lowest BCUT2D eigenvalue weighted by Gasteiger charge is -2.25. The maximum Gasteiger partial charge on any atom is 0.127 e. The molecule has 1 aromatic rings. The second kappa shape index (κ2) is 5.15. The number of halogens is 1. The molecular formula is C14H21FN2. The molecule has 0 spiro atoms. The van der Waals surface area contributed by atoms with Gasteiger partial charge < -0.3 is 5.73 Å². The van der Waals surface area contributed by atoms with E-state index in [2.05, 4.69) is 18.9 Å². The van der Waals surface area contributed by atoms with Crippen molar-refractivity contribution in [2.75, 3.05) is 7.05 Å². The van der Waals surface area contributed by atoms with Gasteiger partial charge in [0.05, 0.1) is 0 Å². The van der Waals surface area contributed by atoms with Gasteiger partial charge in [0.25, 0.3) is 0 Å². The van der Waals surface area contributed by atoms with Crippen molar-refractivity contribution in [3.05, 3.63) is 35.1 Å². The molecule has 0 radical (unpaired) electrons. The Labute approximate surface area is 103 Å². The SMILES string of the molecule is CC(C1CC1)N(C)Cc1cc(CN)ccc1F. The Morgan fingerprint density at radius 3 is 2.76 bits per heavy atom. The van der Waals surface area contributed by atoms with E-state index in [0.717, 1.165) is 17.0 Å². The Balaban J connectivity index is 2.05. The summed E-state index contributed by atoms with van der Waals surface area (Å²) in [5, 5.41) is 0. The molecular weight excluding hydrogens is 215 g/mol. The number of rotatable bonds is 5. The topological polar surface area (TPSA) is 29.3 Å². The average Bonchev–Trinajstić information content (AvgIpc) is 3.15. The highest BCUT2D eigenvalue weighted by atomic mass is 19.1. The van der Waals surface area contributed by atoms with Crippen LogP contribution in [0.5, 0.6) is 0 Å². The van der Waals surface area contributed by atoms with Crippen LogP contribution in [0.25, 0.3) is 0 Å². The lowest BCUT2D eigenvalue weighted by atomic mass is 10.1. The van der Waals surface area contributed by atoms with Gasteiger partial charge in [-0.1, -0.05) is 12.1 Å². The molecule has 1 fully saturated rings. The van der Waals surface area contributed by atoms with E-state index in [0.29, 0.717) is 19.1 Å². The molecule has 2 rings (SSSR count). The number of hydrogen-bond acceptors (Lipinski definition) is 2. The van der Waals surface area contributed by atoms with Crippen molar-refractivity contribution in [3.63, 3.8) is 0 Å². The van der Waals surface area contributed by atoms with Gasteiger partial charge in [0.15, 0.2) is 0 Å². The van der Waals surface area contributed by atoms with Crippen molar-refractivity contribution < 1.29 is 4.39 Å². The van der Waals surface area contributed by atoms with Crippen LogP contribution in [0.1, 0.15) is 30.9 Å². The molecule has 2 nitrogen and oxygen atoms in total. The Morgan fingerprint density at radius 2 is 2.18 bits per heavy atom. The van der Waals surface area contributed by atoms with Gasteiger partial charge in [0.2, 0.25) is 0 Å². The van der Waals surface area contributed by atoms with Crippen molar-refractivity contribution in [1.82, 2.24) is 4.90 Å². The van der Waals surface area contributed by atoms with E-state index >= 15 is 0 Å². The zero-order valence-electron chi connectivity index (χ0n) is 10.6. The average molecular weight is 236 g/mol. The molecule has 94 valence electrons. The fraction of sp³-hybridized carbons (Fsp3) is 0.571. The predicted octanol–water partition coefficient (Wildman–Crippen LogP) is 2.51. The smallest absolute Gasteiger partial charge is 0.127 e. The summed E-state index contributed by atoms with van der Waals surface area (Å²) in [5.41, 5.74) is 7.33. The molecule has 1 saturated carbocycles. The van der Waals surface area contributed by atoms with Gasteiger partial charge in [-0.2, -0.15) is 0 Å². The number of nitrogens with two attached hydrogens (primary N) is 1. The molecule has 1 aromatic carbocycles. The summed E-state index contributed by atoms with van der Waals surface area (Å²) in [4.78, 5) is 2.23. The number of hydrogen-bond donors (Lipinski definition) is 1. The van der Waals surface area contributed by atoms with Crippen LogP contribution in [0.15, 0.2) is 18.2 Å². The molecule has 0 heterocycles. The van der Waals surface area contributed by atoms with Crippen LogP contribution in [0.3, 0.4) is 0 Å². The van der Waals surface area contributed by atoms with Crippen molar-refractivity contribution in [3.8, 4) is 0 Å². The molecule has 0 aliphatic heterocycles. The molecule has 3 heteroatoms. The molecule has 1 atom stereocenters. The lowest BCUT2D eigenvalue weighted by molar-refractivity contribution is 0.223. The van der Waals surface area contributed by atoms with E-state index in [-0.39, 0.29) is 5.82 Å². The standard InChI is InChI=1S/C14H21FN2/c1-10(12-4-5-12)17(2)9-13-7-11(8-16)3-6-14(13)15/h3,6-7,10,12H,4-5,8-9,16H2,1-2H3. The molecule has 0 bridgehead atoms. The largest absolute Gasteiger partial charge is 0.326 e. The maximum atomic E-state index is 13.7. The van der Waals surface area contributed by atoms with Gasteiger partial charge in [-0.15, -0.1) is 0 Å². The summed E-state index contributed by atoms with van der Waals surface area (Å²) < 4.78 is 13.7. The Bertz CT molecular complexity index is 388. The van der Waals surface area contributed by atoms with Gasteiger partial charge in [0, 0.05) is 24.7 Å². The van der Waals surface area contributed by atoms with E-state index in [4.69, 9.17) is 5.73 Å². The minimum absolute atomic E-state index is 0.128. The van der Waals surface area contributed by atoms with Crippen LogP contribution in [-0.4, -0.2) is 18.0 Å². The lowest BCUT2D eigenvalue weighted by Crippen LogP contribution is -2.30. The minimum Gasteiger partial charge on any atom is -0.326 e. The van der Waals surface area contributed by atoms with E-state index < -0.39 is 0 Å². The quantitative estimate of drug-likeness (QED) is 0.851. The van der Waals surface area contributed by atoms with E-state index in [9.17, 15) is 4.39 Å². The van der Waals surface area contributed by atoms with Crippen molar-refractivity contribution in [1.29, 1.82) is 0 Å². The van der Waals surface area contributed by atoms with E-state index in [1.54, 1.807) is 6.07 Å². The first-order valence-corrected chi connectivity index (χ1v) is 6.29. The monoisotopic (exact) mass is 236 g/mol. The maximum absolute atomic E-state index is 13.7. The third-order valence-electron chi connectivity index (χ3n) is 3.77. The zero-order valence-corrected chi connectivity index (χ0v) is 10.6. The normalized spacial score (nSPS) is 17.5. The van der Waals surface area contributed by atoms with Crippen LogP contribution in [-0.2, 0) is 13.1 Å². The highest BCUT2D eigenvalue weighted by Gasteiger charge is 2.30. The molecule has 1 aliphatic rings. The molecule has 2 N–H and O–H groups in total. The first-order chi connectivity index (χ1) is 8.11. The van der Waals surface area contributed by atoms with Crippen LogP contribution in [0.2, 0.25) is 0 Å². The Morgan fingerprint density at radius 1 is 1.47 bits per heavy atom. The Kier molecular flexibility index (Phi) is 3.79. The third kappa shape index (κ3) is 3.05. The summed E-state index contributed by atoms with van der Waals surface area (Å²) in [6.45, 7) is 3.36. The molecule has 1 aliphatic carbocycles. The van der Waals surface area contributed by atoms with E-state index in [1.807, 2.05) is 6.07 Å². The molecule has 0 saturated heterocycles. The van der Waals surface area contributed by atoms with Gasteiger partial charge in [-0.3, -0.25) is 4.90 Å². The molecule has 0 aromatic heterocycles. The molecule has 1 unspecified atom stereocenters. The first kappa shape index (κ1) is 12.5. The summed E-state index contributed by atoms with van der Waals surface area (Å²) in [6, 6.07) is 5.69. The van der Waals surface area contributed by atoms with Crippen LogP contribution < -0.4 is 5.73 Å². The van der Waals surface area contributed by atoms with Crippen LogP contribution in [0.4, 0.5) is 4.39 Å². The van der Waals surface area contributed by atoms with Crippen LogP contribution >= 0.6 is 0 Å². The summed E-state index contributed by atoms with van der Waals surface area (Å²) in [6.07, 6.45) is 2.63. The van der Waals surface area contributed by atoms with Gasteiger partial charge in [-0.05, 0) is 44.4 Å². The number of benzene rings is 1. The van der Waals surface area contributed by atoms with Crippen molar-refractivity contribution in [2.24, 2.45) is 11.7 Å². The molecule has 0 amide bonds. The van der Waals surface area contributed by atoms with Gasteiger partial charge in [-0.25, -0.2) is 4.39 Å². The zero-order chi connectivity index (χ0) is 12.4. The Hall–Kier alpha value is -0.930. The highest BCUT2D eigenvalue weighted by Crippen LogP contribution is 2.35. The molecule has 17 heavy (non-hydrogen) atoms. The summed E-state index contributed by atoms with van der Waals surface area (Å²) in [5.74, 6) is 0.679. The highest BCUT2D eigenvalue weighted by molar-refractivity contribution is 5.25. The number of nitrogens with zero attached hydrogens (tertiary/aromatic N) is 1. The van der Waals surface area contributed by atoms with Gasteiger partial charge >= 0.3 is 0 Å². The first-order valence-electron chi connectivity index (χ1n) is 6.29. The van der Waals surface area contributed by atoms with E-state index in [1.165, 1.54) is 18.9 Å². The van der Waals surface area contributed by atoms with Crippen LogP contribution in [0, 0.1) is 11.7 Å². The van der Waals surface area contributed by atoms with Crippen molar-refractivity contribution in [2.45, 2.75) is 38.9 Å².